The molecule has 3 N–H and O–H groups in total. The molecule has 1 rings (SSSR count). The van der Waals surface area contributed by atoms with E-state index in [9.17, 15) is 13.2 Å². The van der Waals surface area contributed by atoms with E-state index in [1.165, 1.54) is 19.2 Å². The number of hydrogen-bond acceptors (Lipinski definition) is 6. The van der Waals surface area contributed by atoms with Crippen molar-refractivity contribution in [3.8, 4) is 11.5 Å². The maximum atomic E-state index is 11.0. The van der Waals surface area contributed by atoms with E-state index in [1.54, 1.807) is 0 Å². The first-order valence-corrected chi connectivity index (χ1v) is 7.32. The predicted molar refractivity (Wildman–Crippen MR) is 69.6 cm³/mol. The third-order valence-corrected chi connectivity index (χ3v) is 3.19. The number of carboxylic acids is 1. The fourth-order valence-corrected chi connectivity index (χ4v) is 1.72. The lowest BCUT2D eigenvalue weighted by molar-refractivity contribution is 0.0697. The van der Waals surface area contributed by atoms with Crippen molar-refractivity contribution in [1.29, 1.82) is 0 Å². The molecule has 0 aliphatic carbocycles. The molecule has 0 saturated heterocycles. The number of nitrogen functional groups attached to an aromatic ring is 1. The number of hydrogen-bond donors (Lipinski definition) is 2. The lowest BCUT2D eigenvalue weighted by atomic mass is 10.1. The highest BCUT2D eigenvalue weighted by Crippen LogP contribution is 2.32. The summed E-state index contributed by atoms with van der Waals surface area (Å²) in [6, 6.07) is 2.53. The minimum absolute atomic E-state index is 0.0415. The lowest BCUT2D eigenvalue weighted by Gasteiger charge is -2.12. The van der Waals surface area contributed by atoms with E-state index in [0.29, 0.717) is 0 Å². The van der Waals surface area contributed by atoms with Gasteiger partial charge in [0.05, 0.1) is 24.1 Å². The van der Waals surface area contributed by atoms with Gasteiger partial charge in [0.2, 0.25) is 0 Å². The summed E-state index contributed by atoms with van der Waals surface area (Å²) < 4.78 is 32.2. The van der Waals surface area contributed by atoms with Crippen LogP contribution in [-0.2, 0) is 9.84 Å². The summed E-state index contributed by atoms with van der Waals surface area (Å²) in [5, 5.41) is 8.94. The highest BCUT2D eigenvalue weighted by Gasteiger charge is 2.15. The molecule has 0 heterocycles. The van der Waals surface area contributed by atoms with Crippen LogP contribution in [0.5, 0.6) is 11.5 Å². The summed E-state index contributed by atoms with van der Waals surface area (Å²) in [7, 11) is -1.78. The van der Waals surface area contributed by atoms with Gasteiger partial charge in [-0.3, -0.25) is 0 Å². The Morgan fingerprint density at radius 1 is 1.37 bits per heavy atom. The van der Waals surface area contributed by atoms with Gasteiger partial charge in [0, 0.05) is 18.4 Å². The van der Waals surface area contributed by atoms with Crippen LogP contribution in [0.25, 0.3) is 0 Å². The van der Waals surface area contributed by atoms with Crippen molar-refractivity contribution in [3.05, 3.63) is 17.7 Å². The fourth-order valence-electron chi connectivity index (χ4n) is 1.34. The maximum absolute atomic E-state index is 11.0. The molecule has 0 atom stereocenters. The number of carboxylic acid groups (broad SMARTS) is 1. The monoisotopic (exact) mass is 289 g/mol. The van der Waals surface area contributed by atoms with Crippen LogP contribution in [0.4, 0.5) is 5.69 Å². The molecule has 0 spiro atoms. The first kappa shape index (κ1) is 15.1. The number of nitrogens with two attached hydrogens (primary N) is 1. The topological polar surface area (TPSA) is 116 Å². The molecule has 1 aromatic carbocycles. The molecule has 0 unspecified atom stereocenters. The molecule has 8 heteroatoms. The van der Waals surface area contributed by atoms with Gasteiger partial charge in [-0.2, -0.15) is 0 Å². The second kappa shape index (κ2) is 5.79. The molecule has 0 saturated carbocycles. The number of sulfone groups is 1. The van der Waals surface area contributed by atoms with Crippen LogP contribution in [0, 0.1) is 0 Å². The minimum Gasteiger partial charge on any atom is -0.493 e. The Kier molecular flexibility index (Phi) is 4.60. The molecule has 0 aliphatic rings. The number of aromatic carboxylic acids is 1. The average Bonchev–Trinajstić information content (AvgIpc) is 2.28. The number of rotatable bonds is 6. The molecule has 1 aromatic rings. The van der Waals surface area contributed by atoms with Gasteiger partial charge in [-0.15, -0.1) is 0 Å². The summed E-state index contributed by atoms with van der Waals surface area (Å²) in [6.45, 7) is -0.0990. The SMILES string of the molecule is COc1cc(N)c(C(=O)O)cc1OCCS(C)(=O)=O. The van der Waals surface area contributed by atoms with Crippen molar-refractivity contribution in [1.82, 2.24) is 0 Å². The Labute approximate surface area is 110 Å². The van der Waals surface area contributed by atoms with Gasteiger partial charge in [-0.05, 0) is 0 Å². The molecule has 7 nitrogen and oxygen atoms in total. The van der Waals surface area contributed by atoms with Crippen molar-refractivity contribution < 1.29 is 27.8 Å². The Balaban J connectivity index is 2.98. The van der Waals surface area contributed by atoms with Crippen molar-refractivity contribution in [2.75, 3.05) is 31.5 Å². The first-order chi connectivity index (χ1) is 8.74. The van der Waals surface area contributed by atoms with E-state index in [1.807, 2.05) is 0 Å². The van der Waals surface area contributed by atoms with Gasteiger partial charge in [0.25, 0.3) is 0 Å². The van der Waals surface area contributed by atoms with Crippen LogP contribution in [0.2, 0.25) is 0 Å². The van der Waals surface area contributed by atoms with E-state index >= 15 is 0 Å². The molecule has 0 bridgehead atoms. The summed E-state index contributed by atoms with van der Waals surface area (Å²) >= 11 is 0. The molecule has 0 amide bonds. The normalized spacial score (nSPS) is 11.1. The first-order valence-electron chi connectivity index (χ1n) is 5.26. The molecular weight excluding hydrogens is 274 g/mol. The molecule has 0 aromatic heterocycles. The minimum atomic E-state index is -3.16. The predicted octanol–water partition coefficient (Wildman–Crippen LogP) is 0.399. The standard InChI is InChI=1S/C11H15NO6S/c1-17-9-6-8(12)7(11(13)14)5-10(9)18-3-4-19(2,15)16/h5-6H,3-4,12H2,1-2H3,(H,13,14). The number of ether oxygens (including phenoxy) is 2. The zero-order valence-corrected chi connectivity index (χ0v) is 11.4. The van der Waals surface area contributed by atoms with E-state index in [0.717, 1.165) is 6.26 Å². The van der Waals surface area contributed by atoms with Crippen LogP contribution in [0.15, 0.2) is 12.1 Å². The molecule has 19 heavy (non-hydrogen) atoms. The van der Waals surface area contributed by atoms with Gasteiger partial charge >= 0.3 is 5.97 Å². The number of anilines is 1. The van der Waals surface area contributed by atoms with Crippen LogP contribution in [-0.4, -0.2) is 45.2 Å². The van der Waals surface area contributed by atoms with Crippen molar-refractivity contribution in [2.45, 2.75) is 0 Å². The molecule has 106 valence electrons. The molecular formula is C11H15NO6S. The third kappa shape index (κ3) is 4.32. The summed E-state index contributed by atoms with van der Waals surface area (Å²) in [6.07, 6.45) is 1.08. The van der Waals surface area contributed by atoms with E-state index < -0.39 is 15.8 Å². The number of methoxy groups -OCH3 is 1. The zero-order valence-electron chi connectivity index (χ0n) is 10.5. The van der Waals surface area contributed by atoms with E-state index in [2.05, 4.69) is 0 Å². The fraction of sp³-hybridized carbons (Fsp3) is 0.364. The largest absolute Gasteiger partial charge is 0.493 e. The zero-order chi connectivity index (χ0) is 14.6. The highest BCUT2D eigenvalue weighted by molar-refractivity contribution is 7.90. The average molecular weight is 289 g/mol. The second-order valence-electron chi connectivity index (χ2n) is 3.87. The second-order valence-corrected chi connectivity index (χ2v) is 6.13. The van der Waals surface area contributed by atoms with Gasteiger partial charge in [0.15, 0.2) is 21.3 Å². The lowest BCUT2D eigenvalue weighted by Crippen LogP contribution is -2.13. The maximum Gasteiger partial charge on any atom is 0.337 e. The molecule has 0 fully saturated rings. The smallest absolute Gasteiger partial charge is 0.337 e. The third-order valence-electron chi connectivity index (χ3n) is 2.28. The number of carbonyl (C=O) groups is 1. The summed E-state index contributed by atoms with van der Waals surface area (Å²) in [5.74, 6) is -0.995. The van der Waals surface area contributed by atoms with Gasteiger partial charge in [0.1, 0.15) is 6.61 Å². The van der Waals surface area contributed by atoms with Gasteiger partial charge in [-0.1, -0.05) is 0 Å². The van der Waals surface area contributed by atoms with Crippen LogP contribution < -0.4 is 15.2 Å². The Morgan fingerprint density at radius 3 is 2.47 bits per heavy atom. The Hall–Kier alpha value is -1.96. The quantitative estimate of drug-likeness (QED) is 0.728. The van der Waals surface area contributed by atoms with Gasteiger partial charge < -0.3 is 20.3 Å². The van der Waals surface area contributed by atoms with Gasteiger partial charge in [-0.25, -0.2) is 13.2 Å². The van der Waals surface area contributed by atoms with Crippen molar-refractivity contribution in [3.63, 3.8) is 0 Å². The number of benzene rings is 1. The Bertz CT molecular complexity index is 581. The molecule has 0 aliphatic heterocycles. The summed E-state index contributed by atoms with van der Waals surface area (Å²) in [4.78, 5) is 10.9. The van der Waals surface area contributed by atoms with Crippen LogP contribution in [0.3, 0.4) is 0 Å². The highest BCUT2D eigenvalue weighted by atomic mass is 32.2. The van der Waals surface area contributed by atoms with E-state index in [4.69, 9.17) is 20.3 Å². The Morgan fingerprint density at radius 2 is 2.00 bits per heavy atom. The van der Waals surface area contributed by atoms with Crippen molar-refractivity contribution >= 4 is 21.5 Å². The summed E-state index contributed by atoms with van der Waals surface area (Å²) in [5.41, 5.74) is 5.46. The van der Waals surface area contributed by atoms with Crippen LogP contribution >= 0.6 is 0 Å². The molecule has 0 radical (unpaired) electrons. The van der Waals surface area contributed by atoms with Crippen LogP contribution in [0.1, 0.15) is 10.4 Å². The van der Waals surface area contributed by atoms with E-state index in [-0.39, 0.29) is 35.1 Å². The van der Waals surface area contributed by atoms with Crippen molar-refractivity contribution in [2.24, 2.45) is 0 Å².